The Morgan fingerprint density at radius 1 is 1.05 bits per heavy atom. The maximum absolute atomic E-state index is 11.6. The van der Waals surface area contributed by atoms with Crippen molar-refractivity contribution in [3.05, 3.63) is 35.4 Å². The molecule has 0 heterocycles. The lowest BCUT2D eigenvalue weighted by Gasteiger charge is -2.05. The van der Waals surface area contributed by atoms with Crippen molar-refractivity contribution < 1.29 is 23.9 Å². The van der Waals surface area contributed by atoms with E-state index in [1.807, 2.05) is 6.92 Å². The van der Waals surface area contributed by atoms with Crippen molar-refractivity contribution in [1.29, 1.82) is 0 Å². The molecule has 19 heavy (non-hydrogen) atoms. The number of esters is 3. The average Bonchev–Trinajstić information content (AvgIpc) is 2.44. The number of carbonyl (C=O) groups is 3. The molecular weight excluding hydrogens is 248 g/mol. The van der Waals surface area contributed by atoms with Crippen LogP contribution in [0.5, 0.6) is 0 Å². The lowest BCUT2D eigenvalue weighted by atomic mass is 10.1. The van der Waals surface area contributed by atoms with E-state index in [2.05, 4.69) is 4.74 Å². The van der Waals surface area contributed by atoms with E-state index >= 15 is 0 Å². The van der Waals surface area contributed by atoms with Gasteiger partial charge in [0.25, 0.3) is 0 Å². The van der Waals surface area contributed by atoms with Crippen molar-refractivity contribution in [2.24, 2.45) is 0 Å². The van der Waals surface area contributed by atoms with Gasteiger partial charge in [-0.2, -0.15) is 0 Å². The molecule has 0 spiro atoms. The largest absolute Gasteiger partial charge is 0.462 e. The van der Waals surface area contributed by atoms with Crippen LogP contribution in [0, 0.1) is 0 Å². The highest BCUT2D eigenvalue weighted by Crippen LogP contribution is 2.09. The zero-order valence-corrected chi connectivity index (χ0v) is 11.0. The Morgan fingerprint density at radius 2 is 1.68 bits per heavy atom. The van der Waals surface area contributed by atoms with E-state index in [1.54, 1.807) is 6.92 Å². The van der Waals surface area contributed by atoms with Gasteiger partial charge < -0.3 is 9.47 Å². The molecule has 1 aromatic carbocycles. The van der Waals surface area contributed by atoms with E-state index in [0.29, 0.717) is 6.61 Å². The van der Waals surface area contributed by atoms with Gasteiger partial charge in [0.1, 0.15) is 0 Å². The predicted molar refractivity (Wildman–Crippen MR) is 67.7 cm³/mol. The fourth-order valence-corrected chi connectivity index (χ4v) is 1.29. The van der Waals surface area contributed by atoms with Gasteiger partial charge in [0, 0.05) is 6.42 Å². The third kappa shape index (κ3) is 4.54. The Hall–Kier alpha value is -2.17. The number of hydrogen-bond acceptors (Lipinski definition) is 5. The number of hydrogen-bond donors (Lipinski definition) is 0. The molecule has 0 aliphatic heterocycles. The summed E-state index contributed by atoms with van der Waals surface area (Å²) in [4.78, 5) is 34.2. The highest BCUT2D eigenvalue weighted by molar-refractivity contribution is 5.99. The normalized spacial score (nSPS) is 9.79. The molecule has 0 unspecified atom stereocenters. The molecule has 1 aromatic rings. The number of benzene rings is 1. The summed E-state index contributed by atoms with van der Waals surface area (Å²) < 4.78 is 9.53. The van der Waals surface area contributed by atoms with Gasteiger partial charge in [-0.05, 0) is 24.6 Å². The molecule has 0 saturated carbocycles. The highest BCUT2D eigenvalue weighted by Gasteiger charge is 2.14. The van der Waals surface area contributed by atoms with Gasteiger partial charge >= 0.3 is 17.9 Å². The molecule has 0 aromatic heterocycles. The molecule has 0 radical (unpaired) electrons. The smallest absolute Gasteiger partial charge is 0.345 e. The van der Waals surface area contributed by atoms with E-state index in [4.69, 9.17) is 4.74 Å². The van der Waals surface area contributed by atoms with Gasteiger partial charge in [0.2, 0.25) is 0 Å². The minimum atomic E-state index is -0.767. The second-order valence-corrected chi connectivity index (χ2v) is 3.83. The number of rotatable bonds is 5. The van der Waals surface area contributed by atoms with E-state index in [0.717, 1.165) is 6.42 Å². The maximum atomic E-state index is 11.6. The third-order valence-corrected chi connectivity index (χ3v) is 2.27. The molecular formula is C14H16O5. The van der Waals surface area contributed by atoms with Gasteiger partial charge in [-0.15, -0.1) is 0 Å². The van der Waals surface area contributed by atoms with Crippen LogP contribution in [0.1, 0.15) is 47.4 Å². The van der Waals surface area contributed by atoms with E-state index in [9.17, 15) is 14.4 Å². The van der Waals surface area contributed by atoms with Crippen molar-refractivity contribution in [2.75, 3.05) is 6.61 Å². The Balaban J connectivity index is 2.79. The van der Waals surface area contributed by atoms with Gasteiger partial charge in [-0.3, -0.25) is 4.79 Å². The standard InChI is InChI=1S/C14H16O5/c1-3-8-18-13(16)10-6-5-7-11(9-10)14(17)19-12(15)4-2/h5-7,9H,3-4,8H2,1-2H3. The molecule has 5 nitrogen and oxygen atoms in total. The molecule has 1 rings (SSSR count). The van der Waals surface area contributed by atoms with Gasteiger partial charge in [-0.1, -0.05) is 19.9 Å². The molecule has 0 N–H and O–H groups in total. The van der Waals surface area contributed by atoms with Crippen LogP contribution in [-0.4, -0.2) is 24.5 Å². The molecule has 0 amide bonds. The molecule has 0 saturated heterocycles. The Labute approximate surface area is 111 Å². The van der Waals surface area contributed by atoms with Crippen molar-refractivity contribution in [3.8, 4) is 0 Å². The van der Waals surface area contributed by atoms with Crippen LogP contribution in [0.4, 0.5) is 0 Å². The lowest BCUT2D eigenvalue weighted by Crippen LogP contribution is -2.13. The van der Waals surface area contributed by atoms with Crippen LogP contribution < -0.4 is 0 Å². The second kappa shape index (κ2) is 7.31. The monoisotopic (exact) mass is 264 g/mol. The van der Waals surface area contributed by atoms with Gasteiger partial charge in [0.15, 0.2) is 0 Å². The molecule has 0 bridgehead atoms. The van der Waals surface area contributed by atoms with E-state index in [1.165, 1.54) is 24.3 Å². The van der Waals surface area contributed by atoms with Crippen molar-refractivity contribution >= 4 is 17.9 Å². The van der Waals surface area contributed by atoms with Crippen molar-refractivity contribution in [1.82, 2.24) is 0 Å². The lowest BCUT2D eigenvalue weighted by molar-refractivity contribution is -0.137. The molecule has 0 atom stereocenters. The Bertz CT molecular complexity index is 478. The summed E-state index contributed by atoms with van der Waals surface area (Å²) in [6.45, 7) is 3.80. The van der Waals surface area contributed by atoms with Crippen molar-refractivity contribution in [3.63, 3.8) is 0 Å². The zero-order valence-electron chi connectivity index (χ0n) is 11.0. The first-order valence-electron chi connectivity index (χ1n) is 6.10. The van der Waals surface area contributed by atoms with Crippen LogP contribution in [0.2, 0.25) is 0 Å². The first kappa shape index (κ1) is 14.9. The Kier molecular flexibility index (Phi) is 5.73. The zero-order chi connectivity index (χ0) is 14.3. The second-order valence-electron chi connectivity index (χ2n) is 3.83. The van der Waals surface area contributed by atoms with Gasteiger partial charge in [-0.25, -0.2) is 9.59 Å². The summed E-state index contributed by atoms with van der Waals surface area (Å²) in [5.41, 5.74) is 0.402. The fraction of sp³-hybridized carbons (Fsp3) is 0.357. The first-order valence-corrected chi connectivity index (χ1v) is 6.10. The SMILES string of the molecule is CCCOC(=O)c1cccc(C(=O)OC(=O)CC)c1. The van der Waals surface area contributed by atoms with Crippen LogP contribution in [0.15, 0.2) is 24.3 Å². The van der Waals surface area contributed by atoms with E-state index in [-0.39, 0.29) is 17.5 Å². The van der Waals surface area contributed by atoms with Crippen LogP contribution >= 0.6 is 0 Å². The number of carbonyl (C=O) groups excluding carboxylic acids is 3. The summed E-state index contributed by atoms with van der Waals surface area (Å²) >= 11 is 0. The molecule has 102 valence electrons. The summed E-state index contributed by atoms with van der Waals surface area (Å²) in [6.07, 6.45) is 0.836. The molecule has 0 fully saturated rings. The Morgan fingerprint density at radius 3 is 2.26 bits per heavy atom. The summed E-state index contributed by atoms with van der Waals surface area (Å²) in [7, 11) is 0. The summed E-state index contributed by atoms with van der Waals surface area (Å²) in [5, 5.41) is 0. The fourth-order valence-electron chi connectivity index (χ4n) is 1.29. The maximum Gasteiger partial charge on any atom is 0.345 e. The predicted octanol–water partition coefficient (Wildman–Crippen LogP) is 2.35. The molecule has 0 aliphatic carbocycles. The quantitative estimate of drug-likeness (QED) is 0.603. The molecule has 0 aliphatic rings. The topological polar surface area (TPSA) is 69.7 Å². The highest BCUT2D eigenvalue weighted by atomic mass is 16.6. The number of ether oxygens (including phenoxy) is 2. The average molecular weight is 264 g/mol. The first-order chi connectivity index (χ1) is 9.08. The molecule has 5 heteroatoms. The van der Waals surface area contributed by atoms with Gasteiger partial charge in [0.05, 0.1) is 17.7 Å². The van der Waals surface area contributed by atoms with Crippen LogP contribution in [-0.2, 0) is 14.3 Å². The minimum absolute atomic E-state index is 0.115. The summed E-state index contributed by atoms with van der Waals surface area (Å²) in [5.74, 6) is -1.88. The minimum Gasteiger partial charge on any atom is -0.462 e. The van der Waals surface area contributed by atoms with Crippen LogP contribution in [0.3, 0.4) is 0 Å². The van der Waals surface area contributed by atoms with Crippen LogP contribution in [0.25, 0.3) is 0 Å². The van der Waals surface area contributed by atoms with E-state index < -0.39 is 17.9 Å². The third-order valence-electron chi connectivity index (χ3n) is 2.27. The summed E-state index contributed by atoms with van der Waals surface area (Å²) in [6, 6.07) is 5.90. The van der Waals surface area contributed by atoms with Crippen molar-refractivity contribution in [2.45, 2.75) is 26.7 Å².